The summed E-state index contributed by atoms with van der Waals surface area (Å²) in [5.74, 6) is -0.599. The molecule has 1 aromatic heterocycles. The number of rotatable bonds is 5. The number of fused-ring (bicyclic) bond motifs is 3. The first-order valence-corrected chi connectivity index (χ1v) is 13.4. The van der Waals surface area contributed by atoms with Gasteiger partial charge in [-0.05, 0) is 78.9 Å². The number of carbonyl (C=O) groups excluding carboxylic acids is 1. The van der Waals surface area contributed by atoms with Gasteiger partial charge < -0.3 is 0 Å². The number of hydrogen-bond donors (Lipinski definition) is 0. The fourth-order valence-electron chi connectivity index (χ4n) is 4.33. The van der Waals surface area contributed by atoms with E-state index in [9.17, 15) is 13.6 Å². The van der Waals surface area contributed by atoms with Gasteiger partial charge in [0.1, 0.15) is 11.6 Å². The van der Waals surface area contributed by atoms with Gasteiger partial charge >= 0.3 is 0 Å². The van der Waals surface area contributed by atoms with Crippen molar-refractivity contribution in [2.75, 3.05) is 0 Å². The van der Waals surface area contributed by atoms with Gasteiger partial charge in [0.05, 0.1) is 10.9 Å². The van der Waals surface area contributed by atoms with Crippen LogP contribution in [0.25, 0.3) is 20.2 Å². The quantitative estimate of drug-likeness (QED) is 0.168. The Morgan fingerprint density at radius 2 is 1.08 bits per heavy atom. The lowest BCUT2D eigenvalue weighted by Crippen LogP contribution is -2.05. The van der Waals surface area contributed by atoms with Crippen LogP contribution < -0.4 is 0 Å². The van der Waals surface area contributed by atoms with E-state index in [4.69, 9.17) is 0 Å². The molecule has 0 aliphatic heterocycles. The van der Waals surface area contributed by atoms with Gasteiger partial charge in [0.15, 0.2) is 20.5 Å². The van der Waals surface area contributed by atoms with Crippen molar-refractivity contribution in [2.45, 2.75) is 14.7 Å². The maximum atomic E-state index is 13.7. The van der Waals surface area contributed by atoms with E-state index in [-0.39, 0.29) is 17.4 Å². The third-order valence-electron chi connectivity index (χ3n) is 6.07. The molecule has 174 valence electrons. The van der Waals surface area contributed by atoms with Crippen LogP contribution in [0.1, 0.15) is 15.9 Å². The third kappa shape index (κ3) is 4.21. The van der Waals surface area contributed by atoms with E-state index in [1.54, 1.807) is 35.6 Å². The lowest BCUT2D eigenvalue weighted by molar-refractivity contribution is 0.103. The number of carbonyl (C=O) groups is 1. The Hall–Kier alpha value is -3.80. The molecule has 1 nitrogen and oxygen atoms in total. The summed E-state index contributed by atoms with van der Waals surface area (Å²) in [6, 6.07) is 34.5. The Morgan fingerprint density at radius 1 is 0.556 bits per heavy atom. The molecule has 5 aromatic carbocycles. The molecule has 0 atom stereocenters. The van der Waals surface area contributed by atoms with Crippen LogP contribution in [0.15, 0.2) is 130 Å². The summed E-state index contributed by atoms with van der Waals surface area (Å²) in [5, 5.41) is 2.09. The van der Waals surface area contributed by atoms with E-state index >= 15 is 0 Å². The molecule has 0 N–H and O–H groups in total. The van der Waals surface area contributed by atoms with E-state index in [0.717, 1.165) is 34.9 Å². The minimum atomic E-state index is -0.554. The van der Waals surface area contributed by atoms with Crippen LogP contribution in [0.2, 0.25) is 0 Å². The van der Waals surface area contributed by atoms with Crippen LogP contribution >= 0.6 is 11.3 Å². The molecule has 6 rings (SSSR count). The van der Waals surface area contributed by atoms with Crippen LogP contribution in [0.4, 0.5) is 8.78 Å². The number of benzene rings is 5. The molecule has 0 unspecified atom stereocenters. The molecular formula is C31H19F2OS2+. The predicted octanol–water partition coefficient (Wildman–Crippen LogP) is 8.66. The highest BCUT2D eigenvalue weighted by Gasteiger charge is 2.29. The van der Waals surface area contributed by atoms with Crippen molar-refractivity contribution >= 4 is 48.2 Å². The van der Waals surface area contributed by atoms with Crippen molar-refractivity contribution in [3.8, 4) is 0 Å². The smallest absolute Gasteiger partial charge is 0.193 e. The summed E-state index contributed by atoms with van der Waals surface area (Å²) < 4.78 is 29.6. The molecule has 0 bridgehead atoms. The van der Waals surface area contributed by atoms with Gasteiger partial charge in [0, 0.05) is 37.4 Å². The summed E-state index contributed by atoms with van der Waals surface area (Å²) >= 11 is 1.69. The fraction of sp³-hybridized carbons (Fsp3) is 0. The number of ketones is 1. The molecule has 5 heteroatoms. The zero-order valence-electron chi connectivity index (χ0n) is 19.0. The van der Waals surface area contributed by atoms with Crippen molar-refractivity contribution in [1.29, 1.82) is 0 Å². The topological polar surface area (TPSA) is 17.1 Å². The first-order valence-electron chi connectivity index (χ1n) is 11.4. The second-order valence-electron chi connectivity index (χ2n) is 8.38. The fourth-order valence-corrected chi connectivity index (χ4v) is 7.47. The summed E-state index contributed by atoms with van der Waals surface area (Å²) in [6.07, 6.45) is 0. The molecule has 0 saturated carbocycles. The van der Waals surface area contributed by atoms with Gasteiger partial charge in [0.25, 0.3) is 0 Å². The van der Waals surface area contributed by atoms with Gasteiger partial charge in [-0.15, -0.1) is 11.3 Å². The third-order valence-corrected chi connectivity index (χ3v) is 9.44. The Bertz CT molecular complexity index is 1660. The van der Waals surface area contributed by atoms with E-state index in [0.29, 0.717) is 11.1 Å². The normalized spacial score (nSPS) is 11.4. The standard InChI is InChI=1S/C31H19F2OS2/c32-22-7-11-24(12-8-22)36(25-13-9-23(33)10-14-25)26-15-17-30-28(19-26)27-18-21(6-16-29(27)35-30)31(34)20-4-2-1-3-5-20/h1-19H/q+1. The summed E-state index contributed by atoms with van der Waals surface area (Å²) in [7, 11) is -0.554. The van der Waals surface area contributed by atoms with E-state index in [1.807, 2.05) is 48.5 Å². The molecule has 0 aliphatic carbocycles. The Balaban J connectivity index is 1.50. The second-order valence-corrected chi connectivity index (χ2v) is 11.5. The number of hydrogen-bond acceptors (Lipinski definition) is 2. The molecule has 1 heterocycles. The number of thiophene rings is 1. The molecule has 6 aromatic rings. The monoisotopic (exact) mass is 509 g/mol. The van der Waals surface area contributed by atoms with E-state index in [1.165, 1.54) is 24.3 Å². The van der Waals surface area contributed by atoms with Crippen LogP contribution in [-0.2, 0) is 10.9 Å². The molecule has 0 amide bonds. The Kier molecular flexibility index (Phi) is 5.88. The predicted molar refractivity (Wildman–Crippen MR) is 144 cm³/mol. The molecule has 0 aliphatic rings. The van der Waals surface area contributed by atoms with Gasteiger partial charge in [0.2, 0.25) is 0 Å². The minimum absolute atomic E-state index is 0.00891. The van der Waals surface area contributed by atoms with Crippen LogP contribution in [-0.4, -0.2) is 5.78 Å². The van der Waals surface area contributed by atoms with Crippen molar-refractivity contribution in [3.63, 3.8) is 0 Å². The van der Waals surface area contributed by atoms with Gasteiger partial charge in [-0.1, -0.05) is 30.3 Å². The second kappa shape index (κ2) is 9.34. The zero-order valence-corrected chi connectivity index (χ0v) is 20.6. The van der Waals surface area contributed by atoms with Crippen LogP contribution in [0.3, 0.4) is 0 Å². The SMILES string of the molecule is O=C(c1ccccc1)c1ccc2sc3ccc([S+](c4ccc(F)cc4)c4ccc(F)cc4)cc3c2c1. The first-order chi connectivity index (χ1) is 17.6. The molecule has 36 heavy (non-hydrogen) atoms. The molecule has 0 spiro atoms. The summed E-state index contributed by atoms with van der Waals surface area (Å²) in [4.78, 5) is 16.0. The maximum absolute atomic E-state index is 13.7. The average molecular weight is 510 g/mol. The molecule has 0 saturated heterocycles. The van der Waals surface area contributed by atoms with Crippen LogP contribution in [0.5, 0.6) is 0 Å². The Labute approximate surface area is 214 Å². The van der Waals surface area contributed by atoms with Crippen LogP contribution in [0, 0.1) is 11.6 Å². The first kappa shape index (κ1) is 22.7. The van der Waals surface area contributed by atoms with Gasteiger partial charge in [-0.25, -0.2) is 8.78 Å². The number of halogens is 2. The van der Waals surface area contributed by atoms with Crippen molar-refractivity contribution < 1.29 is 13.6 Å². The highest BCUT2D eigenvalue weighted by atomic mass is 32.2. The average Bonchev–Trinajstić information content (AvgIpc) is 3.28. The molecule has 0 radical (unpaired) electrons. The van der Waals surface area contributed by atoms with Gasteiger partial charge in [-0.2, -0.15) is 0 Å². The maximum Gasteiger partial charge on any atom is 0.193 e. The lowest BCUT2D eigenvalue weighted by atomic mass is 10.0. The zero-order chi connectivity index (χ0) is 24.6. The largest absolute Gasteiger partial charge is 0.289 e. The summed E-state index contributed by atoms with van der Waals surface area (Å²) in [6.45, 7) is 0. The highest BCUT2D eigenvalue weighted by Crippen LogP contribution is 2.39. The van der Waals surface area contributed by atoms with E-state index in [2.05, 4.69) is 18.2 Å². The highest BCUT2D eigenvalue weighted by molar-refractivity contribution is 7.97. The van der Waals surface area contributed by atoms with Crippen molar-refractivity contribution in [3.05, 3.63) is 138 Å². The van der Waals surface area contributed by atoms with Crippen molar-refractivity contribution in [1.82, 2.24) is 0 Å². The van der Waals surface area contributed by atoms with E-state index < -0.39 is 10.9 Å². The lowest BCUT2D eigenvalue weighted by Gasteiger charge is -2.08. The minimum Gasteiger partial charge on any atom is -0.289 e. The molecular weight excluding hydrogens is 490 g/mol. The Morgan fingerprint density at radius 3 is 1.69 bits per heavy atom. The molecule has 0 fully saturated rings. The van der Waals surface area contributed by atoms with Crippen molar-refractivity contribution in [2.24, 2.45) is 0 Å². The van der Waals surface area contributed by atoms with Gasteiger partial charge in [-0.3, -0.25) is 4.79 Å². The summed E-state index contributed by atoms with van der Waals surface area (Å²) in [5.41, 5.74) is 1.31.